The van der Waals surface area contributed by atoms with Gasteiger partial charge in [0.1, 0.15) is 0 Å². The van der Waals surface area contributed by atoms with Crippen LogP contribution in [0.25, 0.3) is 0 Å². The molecule has 0 radical (unpaired) electrons. The van der Waals surface area contributed by atoms with Gasteiger partial charge in [-0.25, -0.2) is 10.0 Å². The summed E-state index contributed by atoms with van der Waals surface area (Å²) in [4.78, 5) is 0. The first-order valence-electron chi connectivity index (χ1n) is 6.30. The molecule has 3 rings (SSSR count). The molecule has 0 amide bonds. The fourth-order valence-electron chi connectivity index (χ4n) is 4.33. The van der Waals surface area contributed by atoms with Gasteiger partial charge in [0.05, 0.1) is 0 Å². The molecule has 4 unspecified atom stereocenters. The van der Waals surface area contributed by atoms with Crippen molar-refractivity contribution in [2.45, 2.75) is 37.4 Å². The third kappa shape index (κ3) is 1.28. The lowest BCUT2D eigenvalue weighted by molar-refractivity contribution is 0.317. The average Bonchev–Trinajstić information content (AvgIpc) is 2.27. The second-order valence-electron chi connectivity index (χ2n) is 6.92. The Morgan fingerprint density at radius 3 is 2.60 bits per heavy atom. The van der Waals surface area contributed by atoms with Crippen molar-refractivity contribution in [1.29, 1.82) is 0 Å². The minimum Gasteiger partial charge on any atom is -0.244 e. The van der Waals surface area contributed by atoms with Crippen LogP contribution in [0.1, 0.15) is 32.6 Å². The zero-order valence-corrected chi connectivity index (χ0v) is 11.4. The van der Waals surface area contributed by atoms with Crippen molar-refractivity contribution >= 4 is 10.0 Å². The molecule has 0 nitrogen and oxygen atoms in total. The first kappa shape index (κ1) is 10.3. The summed E-state index contributed by atoms with van der Waals surface area (Å²) >= 11 is 0. The molecule has 2 saturated carbocycles. The SMILES string of the molecule is CC1C=C2CC3CC(S(C)(C)C)(C1)CC23. The van der Waals surface area contributed by atoms with Gasteiger partial charge in [-0.05, 0) is 62.2 Å². The van der Waals surface area contributed by atoms with Crippen LogP contribution in [0.2, 0.25) is 0 Å². The minimum absolute atomic E-state index is 0.392. The normalized spacial score (nSPS) is 49.3. The van der Waals surface area contributed by atoms with E-state index in [4.69, 9.17) is 0 Å². The van der Waals surface area contributed by atoms with Gasteiger partial charge in [-0.1, -0.05) is 18.6 Å². The molecular weight excluding hydrogens is 200 g/mol. The smallest absolute Gasteiger partial charge is 0.000946 e. The van der Waals surface area contributed by atoms with E-state index in [9.17, 15) is 0 Å². The molecule has 3 aliphatic rings. The number of hydrogen-bond donors (Lipinski definition) is 0. The van der Waals surface area contributed by atoms with Crippen molar-refractivity contribution in [3.63, 3.8) is 0 Å². The van der Waals surface area contributed by atoms with E-state index in [0.29, 0.717) is 0 Å². The highest BCUT2D eigenvalue weighted by Gasteiger charge is 2.56. The first-order chi connectivity index (χ1) is 6.91. The highest BCUT2D eigenvalue weighted by Crippen LogP contribution is 2.70. The van der Waals surface area contributed by atoms with Crippen LogP contribution >= 0.6 is 10.0 Å². The number of hydrogen-bond acceptors (Lipinski definition) is 0. The van der Waals surface area contributed by atoms with Gasteiger partial charge >= 0.3 is 0 Å². The van der Waals surface area contributed by atoms with Crippen molar-refractivity contribution in [1.82, 2.24) is 0 Å². The van der Waals surface area contributed by atoms with E-state index < -0.39 is 10.0 Å². The third-order valence-corrected chi connectivity index (χ3v) is 8.36. The fraction of sp³-hybridized carbons (Fsp3) is 0.857. The van der Waals surface area contributed by atoms with E-state index in [-0.39, 0.29) is 0 Å². The molecule has 0 aromatic rings. The molecule has 0 aliphatic heterocycles. The molecule has 0 aromatic carbocycles. The van der Waals surface area contributed by atoms with Gasteiger partial charge < -0.3 is 0 Å². The molecule has 15 heavy (non-hydrogen) atoms. The lowest BCUT2D eigenvalue weighted by atomic mass is 9.70. The molecule has 0 N–H and O–H groups in total. The molecule has 0 heterocycles. The summed E-state index contributed by atoms with van der Waals surface area (Å²) in [7, 11) is -0.392. The Bertz CT molecular complexity index is 323. The molecule has 4 atom stereocenters. The maximum Gasteiger partial charge on any atom is 0.000946 e. The van der Waals surface area contributed by atoms with Crippen LogP contribution in [0.3, 0.4) is 0 Å². The van der Waals surface area contributed by atoms with Gasteiger partial charge in [-0.2, -0.15) is 0 Å². The quantitative estimate of drug-likeness (QED) is 0.594. The molecule has 0 saturated heterocycles. The number of rotatable bonds is 1. The van der Waals surface area contributed by atoms with Crippen LogP contribution in [0.15, 0.2) is 11.6 Å². The Labute approximate surface area is 95.8 Å². The van der Waals surface area contributed by atoms with Gasteiger partial charge in [-0.3, -0.25) is 0 Å². The lowest BCUT2D eigenvalue weighted by Gasteiger charge is -2.48. The summed E-state index contributed by atoms with van der Waals surface area (Å²) in [6.45, 7) is 2.44. The Morgan fingerprint density at radius 1 is 1.20 bits per heavy atom. The molecule has 86 valence electrons. The van der Waals surface area contributed by atoms with Crippen LogP contribution in [0, 0.1) is 17.8 Å². The summed E-state index contributed by atoms with van der Waals surface area (Å²) in [5.41, 5.74) is 1.83. The second-order valence-corrected chi connectivity index (χ2v) is 11.5. The fourth-order valence-corrected chi connectivity index (χ4v) is 6.49. The van der Waals surface area contributed by atoms with Crippen molar-refractivity contribution in [2.75, 3.05) is 18.8 Å². The molecule has 2 bridgehead atoms. The van der Waals surface area contributed by atoms with E-state index in [1.165, 1.54) is 19.3 Å². The minimum atomic E-state index is -0.392. The summed E-state index contributed by atoms with van der Waals surface area (Å²) in [5.74, 6) is 2.94. The van der Waals surface area contributed by atoms with E-state index in [1.54, 1.807) is 6.42 Å². The van der Waals surface area contributed by atoms with Crippen molar-refractivity contribution < 1.29 is 0 Å². The molecule has 2 fully saturated rings. The van der Waals surface area contributed by atoms with Crippen LogP contribution < -0.4 is 0 Å². The van der Waals surface area contributed by atoms with E-state index in [0.717, 1.165) is 22.5 Å². The van der Waals surface area contributed by atoms with Crippen LogP contribution in [-0.4, -0.2) is 23.5 Å². The van der Waals surface area contributed by atoms with Crippen molar-refractivity contribution in [3.8, 4) is 0 Å². The molecule has 3 aliphatic carbocycles. The van der Waals surface area contributed by atoms with Gasteiger partial charge in [0.25, 0.3) is 0 Å². The summed E-state index contributed by atoms with van der Waals surface area (Å²) < 4.78 is 0.733. The Hall–Kier alpha value is 0.0900. The lowest BCUT2D eigenvalue weighted by Crippen LogP contribution is -2.33. The second kappa shape index (κ2) is 2.85. The van der Waals surface area contributed by atoms with Crippen LogP contribution in [0.4, 0.5) is 0 Å². The monoisotopic (exact) mass is 224 g/mol. The largest absolute Gasteiger partial charge is 0.244 e. The number of fused-ring (bicyclic) bond motifs is 1. The van der Waals surface area contributed by atoms with Crippen molar-refractivity contribution in [3.05, 3.63) is 11.6 Å². The van der Waals surface area contributed by atoms with E-state index in [2.05, 4.69) is 31.8 Å². The van der Waals surface area contributed by atoms with Crippen LogP contribution in [-0.2, 0) is 0 Å². The molecule has 0 spiro atoms. The zero-order chi connectivity index (χ0) is 10.8. The Morgan fingerprint density at radius 2 is 1.93 bits per heavy atom. The first-order valence-corrected chi connectivity index (χ1v) is 9.16. The molecule has 0 aromatic heterocycles. The summed E-state index contributed by atoms with van der Waals surface area (Å²) in [6.07, 6.45) is 16.3. The highest BCUT2D eigenvalue weighted by molar-refractivity contribution is 8.33. The summed E-state index contributed by atoms with van der Waals surface area (Å²) in [5, 5.41) is 0. The van der Waals surface area contributed by atoms with Crippen LogP contribution in [0.5, 0.6) is 0 Å². The maximum atomic E-state index is 2.62. The topological polar surface area (TPSA) is 0 Å². The predicted octanol–water partition coefficient (Wildman–Crippen LogP) is 3.82. The van der Waals surface area contributed by atoms with Gasteiger partial charge in [0, 0.05) is 4.75 Å². The Balaban J connectivity index is 2.00. The maximum absolute atomic E-state index is 2.62. The van der Waals surface area contributed by atoms with Gasteiger partial charge in [-0.15, -0.1) is 0 Å². The number of allylic oxidation sites excluding steroid dienone is 2. The zero-order valence-electron chi connectivity index (χ0n) is 10.5. The highest BCUT2D eigenvalue weighted by atomic mass is 32.3. The van der Waals surface area contributed by atoms with Gasteiger partial charge in [0.15, 0.2) is 0 Å². The predicted molar refractivity (Wildman–Crippen MR) is 70.8 cm³/mol. The summed E-state index contributed by atoms with van der Waals surface area (Å²) in [6, 6.07) is 0. The average molecular weight is 224 g/mol. The van der Waals surface area contributed by atoms with E-state index >= 15 is 0 Å². The Kier molecular flexibility index (Phi) is 1.95. The molecule has 1 heteroatoms. The standard InChI is InChI=1S/C14H24S/c1-10-5-11-6-12-8-14(7-10,9-13(11)12)15(2,3)4/h5,10,12-13H,6-9H2,1-4H3. The van der Waals surface area contributed by atoms with E-state index in [1.807, 2.05) is 5.57 Å². The molecular formula is C14H24S. The van der Waals surface area contributed by atoms with Gasteiger partial charge in [0.2, 0.25) is 0 Å². The third-order valence-electron chi connectivity index (χ3n) is 5.26. The van der Waals surface area contributed by atoms with Crippen molar-refractivity contribution in [2.24, 2.45) is 17.8 Å².